The Balaban J connectivity index is 2.70. The molecule has 0 bridgehead atoms. The Morgan fingerprint density at radius 1 is 1.33 bits per heavy atom. The third-order valence-electron chi connectivity index (χ3n) is 2.15. The molecular weight excluding hydrogens is 190 g/mol. The van der Waals surface area contributed by atoms with Crippen LogP contribution >= 0.6 is 0 Å². The van der Waals surface area contributed by atoms with E-state index in [-0.39, 0.29) is 0 Å². The van der Waals surface area contributed by atoms with Gasteiger partial charge in [-0.15, -0.1) is 0 Å². The molecule has 0 N–H and O–H groups in total. The van der Waals surface area contributed by atoms with Crippen LogP contribution in [0.2, 0.25) is 0 Å². The van der Waals surface area contributed by atoms with Gasteiger partial charge >= 0.3 is 0 Å². The lowest BCUT2D eigenvalue weighted by molar-refractivity contribution is -0.143. The number of amides is 1. The molecule has 0 aliphatic heterocycles. The Hall–Kier alpha value is -1.64. The molecule has 0 aliphatic rings. The van der Waals surface area contributed by atoms with Gasteiger partial charge in [-0.1, -0.05) is 29.8 Å². The molecule has 0 unspecified atom stereocenters. The second-order valence-corrected chi connectivity index (χ2v) is 3.71. The topological polar surface area (TPSA) is 37.4 Å². The maximum absolute atomic E-state index is 11.3. The first-order valence-corrected chi connectivity index (χ1v) is 4.82. The van der Waals surface area contributed by atoms with Crippen molar-refractivity contribution in [1.29, 1.82) is 0 Å². The first-order chi connectivity index (χ1) is 7.00. The molecule has 1 rings (SSSR count). The number of Topliss-reactive ketones (excluding diaryl/α,β-unsaturated/α-hetero) is 1. The monoisotopic (exact) mass is 205 g/mol. The smallest absolute Gasteiger partial charge is 0.289 e. The predicted octanol–water partition coefficient (Wildman–Crippen LogP) is 1.54. The van der Waals surface area contributed by atoms with E-state index in [0.717, 1.165) is 11.1 Å². The first-order valence-electron chi connectivity index (χ1n) is 4.82. The number of rotatable bonds is 3. The molecule has 0 fully saturated rings. The largest absolute Gasteiger partial charge is 0.335 e. The second kappa shape index (κ2) is 4.73. The molecule has 0 spiro atoms. The van der Waals surface area contributed by atoms with Crippen LogP contribution < -0.4 is 0 Å². The van der Waals surface area contributed by atoms with Crippen LogP contribution in [0.15, 0.2) is 24.3 Å². The molecule has 80 valence electrons. The molecule has 0 atom stereocenters. The lowest BCUT2D eigenvalue weighted by Gasteiger charge is -2.15. The molecule has 0 saturated carbocycles. The van der Waals surface area contributed by atoms with Gasteiger partial charge in [0, 0.05) is 20.5 Å². The summed E-state index contributed by atoms with van der Waals surface area (Å²) in [5.41, 5.74) is 2.18. The molecule has 0 radical (unpaired) electrons. The molecule has 1 aromatic rings. The molecule has 1 aromatic carbocycles. The van der Waals surface area contributed by atoms with Crippen LogP contribution in [0.25, 0.3) is 0 Å². The minimum absolute atomic E-state index is 0.426. The van der Waals surface area contributed by atoms with Crippen molar-refractivity contribution in [2.45, 2.75) is 20.4 Å². The van der Waals surface area contributed by atoms with Gasteiger partial charge in [0.05, 0.1) is 0 Å². The van der Waals surface area contributed by atoms with E-state index in [1.54, 1.807) is 7.05 Å². The summed E-state index contributed by atoms with van der Waals surface area (Å²) in [7, 11) is 1.63. The molecule has 0 heterocycles. The summed E-state index contributed by atoms with van der Waals surface area (Å²) >= 11 is 0. The third-order valence-corrected chi connectivity index (χ3v) is 2.15. The van der Waals surface area contributed by atoms with Crippen LogP contribution in [0.5, 0.6) is 0 Å². The highest BCUT2D eigenvalue weighted by Gasteiger charge is 2.13. The number of carbonyl (C=O) groups is 2. The van der Waals surface area contributed by atoms with E-state index in [2.05, 4.69) is 0 Å². The maximum atomic E-state index is 11.3. The number of carbonyl (C=O) groups excluding carboxylic acids is 2. The van der Waals surface area contributed by atoms with Gasteiger partial charge in [0.25, 0.3) is 5.91 Å². The van der Waals surface area contributed by atoms with Gasteiger partial charge in [0.1, 0.15) is 0 Å². The second-order valence-electron chi connectivity index (χ2n) is 3.71. The molecule has 1 amide bonds. The summed E-state index contributed by atoms with van der Waals surface area (Å²) in [6.45, 7) is 3.76. The fourth-order valence-corrected chi connectivity index (χ4v) is 1.42. The summed E-state index contributed by atoms with van der Waals surface area (Å²) in [5, 5.41) is 0. The van der Waals surface area contributed by atoms with E-state index in [9.17, 15) is 9.59 Å². The minimum Gasteiger partial charge on any atom is -0.335 e. The highest BCUT2D eigenvalue weighted by atomic mass is 16.2. The zero-order chi connectivity index (χ0) is 11.4. The van der Waals surface area contributed by atoms with Gasteiger partial charge in [-0.05, 0) is 12.5 Å². The predicted molar refractivity (Wildman–Crippen MR) is 58.3 cm³/mol. The van der Waals surface area contributed by atoms with Crippen molar-refractivity contribution in [1.82, 2.24) is 4.90 Å². The minimum atomic E-state index is -0.448. The van der Waals surface area contributed by atoms with Gasteiger partial charge in [0.15, 0.2) is 0 Å². The van der Waals surface area contributed by atoms with Gasteiger partial charge in [-0.25, -0.2) is 0 Å². The van der Waals surface area contributed by atoms with Crippen LogP contribution in [0, 0.1) is 6.92 Å². The highest BCUT2D eigenvalue weighted by molar-refractivity contribution is 6.34. The first kappa shape index (κ1) is 11.4. The molecule has 0 aliphatic carbocycles. The summed E-state index contributed by atoms with van der Waals surface area (Å²) in [4.78, 5) is 23.6. The van der Waals surface area contributed by atoms with Crippen molar-refractivity contribution in [2.75, 3.05) is 7.05 Å². The highest BCUT2D eigenvalue weighted by Crippen LogP contribution is 2.06. The number of hydrogen-bond acceptors (Lipinski definition) is 2. The normalized spacial score (nSPS) is 9.80. The van der Waals surface area contributed by atoms with E-state index < -0.39 is 11.7 Å². The Morgan fingerprint density at radius 3 is 2.53 bits per heavy atom. The van der Waals surface area contributed by atoms with E-state index in [1.807, 2.05) is 31.2 Å². The van der Waals surface area contributed by atoms with Crippen LogP contribution in [-0.4, -0.2) is 23.6 Å². The zero-order valence-electron chi connectivity index (χ0n) is 9.28. The van der Waals surface area contributed by atoms with E-state index >= 15 is 0 Å². The van der Waals surface area contributed by atoms with Crippen molar-refractivity contribution >= 4 is 11.7 Å². The molecule has 0 saturated heterocycles. The quantitative estimate of drug-likeness (QED) is 0.702. The van der Waals surface area contributed by atoms with Crippen LogP contribution in [0.4, 0.5) is 0 Å². The van der Waals surface area contributed by atoms with Crippen molar-refractivity contribution in [3.63, 3.8) is 0 Å². The van der Waals surface area contributed by atoms with Gasteiger partial charge < -0.3 is 4.90 Å². The van der Waals surface area contributed by atoms with Crippen LogP contribution in [0.3, 0.4) is 0 Å². The van der Waals surface area contributed by atoms with E-state index in [1.165, 1.54) is 11.8 Å². The van der Waals surface area contributed by atoms with Crippen molar-refractivity contribution in [3.8, 4) is 0 Å². The third kappa shape index (κ3) is 3.20. The summed E-state index contributed by atoms with van der Waals surface area (Å²) in [6, 6.07) is 7.88. The molecule has 0 aromatic heterocycles. The Morgan fingerprint density at radius 2 is 2.00 bits per heavy atom. The average molecular weight is 205 g/mol. The number of hydrogen-bond donors (Lipinski definition) is 0. The van der Waals surface area contributed by atoms with E-state index in [0.29, 0.717) is 6.54 Å². The average Bonchev–Trinajstić information content (AvgIpc) is 2.16. The summed E-state index contributed by atoms with van der Waals surface area (Å²) in [6.07, 6.45) is 0. The molecular formula is C12H15NO2. The maximum Gasteiger partial charge on any atom is 0.289 e. The number of nitrogens with zero attached hydrogens (tertiary/aromatic N) is 1. The van der Waals surface area contributed by atoms with Crippen molar-refractivity contribution in [2.24, 2.45) is 0 Å². The molecule has 3 heteroatoms. The lowest BCUT2D eigenvalue weighted by Crippen LogP contribution is -2.31. The van der Waals surface area contributed by atoms with Crippen LogP contribution in [0.1, 0.15) is 18.1 Å². The fraction of sp³-hybridized carbons (Fsp3) is 0.333. The lowest BCUT2D eigenvalue weighted by atomic mass is 10.1. The number of likely N-dealkylation sites (N-methyl/N-ethyl adjacent to an activating group) is 1. The molecule has 3 nitrogen and oxygen atoms in total. The van der Waals surface area contributed by atoms with Crippen molar-refractivity contribution in [3.05, 3.63) is 35.4 Å². The summed E-state index contributed by atoms with van der Waals surface area (Å²) in [5.74, 6) is -0.873. The SMILES string of the molecule is CC(=O)C(=O)N(C)Cc1cccc(C)c1. The standard InChI is InChI=1S/C12H15NO2/c1-9-5-4-6-11(7-9)8-13(3)12(15)10(2)14/h4-7H,8H2,1-3H3. The zero-order valence-corrected chi connectivity index (χ0v) is 9.28. The van der Waals surface area contributed by atoms with Gasteiger partial charge in [-0.3, -0.25) is 9.59 Å². The summed E-state index contributed by atoms with van der Waals surface area (Å²) < 4.78 is 0. The van der Waals surface area contributed by atoms with Gasteiger partial charge in [-0.2, -0.15) is 0 Å². The Kier molecular flexibility index (Phi) is 3.61. The number of benzene rings is 1. The fourth-order valence-electron chi connectivity index (χ4n) is 1.42. The van der Waals surface area contributed by atoms with Crippen molar-refractivity contribution < 1.29 is 9.59 Å². The van der Waals surface area contributed by atoms with E-state index in [4.69, 9.17) is 0 Å². The molecule has 15 heavy (non-hydrogen) atoms. The Bertz CT molecular complexity index is 385. The van der Waals surface area contributed by atoms with Crippen LogP contribution in [-0.2, 0) is 16.1 Å². The Labute approximate surface area is 89.7 Å². The van der Waals surface area contributed by atoms with Gasteiger partial charge in [0.2, 0.25) is 5.78 Å². The number of ketones is 1. The number of aryl methyl sites for hydroxylation is 1.